The SMILES string of the molecule is CN1C(=O)c2ccccc2C(C(=O)NCc2ccoc2)C1c1cc(C(F)(F)F)cc(C(F)(F)F)c1. The molecule has 1 aliphatic heterocycles. The molecular weight excluding hydrogens is 478 g/mol. The molecule has 0 saturated carbocycles. The van der Waals surface area contributed by atoms with Crippen LogP contribution in [0.3, 0.4) is 0 Å². The first kappa shape index (κ1) is 24.4. The van der Waals surface area contributed by atoms with Crippen molar-refractivity contribution in [2.75, 3.05) is 7.05 Å². The number of benzene rings is 2. The van der Waals surface area contributed by atoms with Crippen LogP contribution in [0.1, 0.15) is 50.1 Å². The van der Waals surface area contributed by atoms with Crippen LogP contribution in [0.25, 0.3) is 0 Å². The fourth-order valence-corrected chi connectivity index (χ4v) is 4.22. The highest BCUT2D eigenvalue weighted by Gasteiger charge is 2.45. The number of hydrogen-bond donors (Lipinski definition) is 1. The maximum absolute atomic E-state index is 13.5. The monoisotopic (exact) mass is 496 g/mol. The van der Waals surface area contributed by atoms with Gasteiger partial charge in [-0.2, -0.15) is 26.3 Å². The number of fused-ring (bicyclic) bond motifs is 1. The van der Waals surface area contributed by atoms with Gasteiger partial charge in [0.2, 0.25) is 5.91 Å². The summed E-state index contributed by atoms with van der Waals surface area (Å²) in [5.74, 6) is -2.57. The van der Waals surface area contributed by atoms with Gasteiger partial charge in [-0.1, -0.05) is 18.2 Å². The van der Waals surface area contributed by atoms with Gasteiger partial charge in [0.1, 0.15) is 0 Å². The molecule has 0 radical (unpaired) electrons. The molecule has 35 heavy (non-hydrogen) atoms. The van der Waals surface area contributed by atoms with E-state index in [2.05, 4.69) is 5.32 Å². The van der Waals surface area contributed by atoms with Gasteiger partial charge in [-0.3, -0.25) is 9.59 Å². The van der Waals surface area contributed by atoms with E-state index >= 15 is 0 Å². The van der Waals surface area contributed by atoms with Gasteiger partial charge in [0.25, 0.3) is 5.91 Å². The molecule has 2 unspecified atom stereocenters. The third-order valence-electron chi connectivity index (χ3n) is 5.86. The number of furan rings is 1. The number of rotatable bonds is 4. The molecule has 184 valence electrons. The molecule has 0 aliphatic carbocycles. The zero-order chi connectivity index (χ0) is 25.5. The quantitative estimate of drug-likeness (QED) is 0.483. The topological polar surface area (TPSA) is 62.6 Å². The van der Waals surface area contributed by atoms with E-state index in [0.29, 0.717) is 17.7 Å². The predicted octanol–water partition coefficient (Wildman–Crippen LogP) is 5.54. The summed E-state index contributed by atoms with van der Waals surface area (Å²) in [6, 6.07) is 7.28. The average molecular weight is 496 g/mol. The van der Waals surface area contributed by atoms with Crippen molar-refractivity contribution in [2.45, 2.75) is 30.9 Å². The van der Waals surface area contributed by atoms with Gasteiger partial charge < -0.3 is 14.6 Å². The minimum absolute atomic E-state index is 0.00870. The number of alkyl halides is 6. The van der Waals surface area contributed by atoms with Gasteiger partial charge in [0, 0.05) is 24.7 Å². The van der Waals surface area contributed by atoms with E-state index in [9.17, 15) is 35.9 Å². The second kappa shape index (κ2) is 8.79. The molecule has 0 bridgehead atoms. The van der Waals surface area contributed by atoms with Crippen molar-refractivity contribution in [2.24, 2.45) is 0 Å². The summed E-state index contributed by atoms with van der Waals surface area (Å²) < 4.78 is 86.0. The van der Waals surface area contributed by atoms with Gasteiger partial charge in [-0.05, 0) is 41.5 Å². The molecule has 2 heterocycles. The summed E-state index contributed by atoms with van der Waals surface area (Å²) in [6.45, 7) is 0.00870. The van der Waals surface area contributed by atoms with E-state index in [1.807, 2.05) is 0 Å². The van der Waals surface area contributed by atoms with Crippen molar-refractivity contribution in [3.05, 3.63) is 94.4 Å². The lowest BCUT2D eigenvalue weighted by atomic mass is 9.78. The van der Waals surface area contributed by atoms with Gasteiger partial charge >= 0.3 is 12.4 Å². The molecule has 2 amide bonds. The van der Waals surface area contributed by atoms with Crippen molar-refractivity contribution in [3.63, 3.8) is 0 Å². The maximum Gasteiger partial charge on any atom is 0.416 e. The fraction of sp³-hybridized carbons (Fsp3) is 0.250. The summed E-state index contributed by atoms with van der Waals surface area (Å²) in [6.07, 6.45) is -7.40. The zero-order valence-corrected chi connectivity index (χ0v) is 18.1. The number of nitrogens with zero attached hydrogens (tertiary/aromatic N) is 1. The van der Waals surface area contributed by atoms with E-state index in [-0.39, 0.29) is 23.7 Å². The van der Waals surface area contributed by atoms with E-state index in [4.69, 9.17) is 4.42 Å². The number of amides is 2. The minimum Gasteiger partial charge on any atom is -0.472 e. The molecule has 0 spiro atoms. The molecule has 1 aromatic heterocycles. The maximum atomic E-state index is 13.5. The fourth-order valence-electron chi connectivity index (χ4n) is 4.22. The Morgan fingerprint density at radius 3 is 2.20 bits per heavy atom. The largest absolute Gasteiger partial charge is 0.472 e. The normalized spacial score (nSPS) is 18.4. The Morgan fingerprint density at radius 2 is 1.63 bits per heavy atom. The van der Waals surface area contributed by atoms with Crippen LogP contribution in [0.5, 0.6) is 0 Å². The lowest BCUT2D eigenvalue weighted by Crippen LogP contribution is -2.45. The molecular formula is C24H18F6N2O3. The Kier molecular flexibility index (Phi) is 6.12. The second-order valence-corrected chi connectivity index (χ2v) is 8.11. The summed E-state index contributed by atoms with van der Waals surface area (Å²) in [5.41, 5.74) is -2.57. The molecule has 1 N–H and O–H groups in total. The van der Waals surface area contributed by atoms with Crippen molar-refractivity contribution >= 4 is 11.8 Å². The van der Waals surface area contributed by atoms with Crippen molar-refractivity contribution in [3.8, 4) is 0 Å². The number of likely N-dealkylation sites (N-methyl/N-ethyl adjacent to an activating group) is 1. The van der Waals surface area contributed by atoms with Gasteiger partial charge in [-0.15, -0.1) is 0 Å². The number of nitrogens with one attached hydrogen (secondary N) is 1. The Bertz CT molecular complexity index is 1220. The Morgan fingerprint density at radius 1 is 1.00 bits per heavy atom. The van der Waals surface area contributed by atoms with Gasteiger partial charge in [-0.25, -0.2) is 0 Å². The highest BCUT2D eigenvalue weighted by Crippen LogP contribution is 2.45. The van der Waals surface area contributed by atoms with Crippen molar-refractivity contribution in [1.29, 1.82) is 0 Å². The second-order valence-electron chi connectivity index (χ2n) is 8.11. The van der Waals surface area contributed by atoms with Crippen molar-refractivity contribution in [1.82, 2.24) is 10.2 Å². The van der Waals surface area contributed by atoms with E-state index in [1.54, 1.807) is 12.1 Å². The third kappa shape index (κ3) is 4.75. The molecule has 11 heteroatoms. The lowest BCUT2D eigenvalue weighted by Gasteiger charge is -2.40. The molecule has 1 aliphatic rings. The Labute approximate surface area is 195 Å². The highest BCUT2D eigenvalue weighted by molar-refractivity contribution is 6.01. The highest BCUT2D eigenvalue weighted by atomic mass is 19.4. The van der Waals surface area contributed by atoms with E-state index < -0.39 is 52.8 Å². The van der Waals surface area contributed by atoms with Crippen LogP contribution in [0, 0.1) is 0 Å². The zero-order valence-electron chi connectivity index (χ0n) is 18.1. The summed E-state index contributed by atoms with van der Waals surface area (Å²) in [5, 5.41) is 2.64. The minimum atomic E-state index is -5.08. The van der Waals surface area contributed by atoms with Crippen LogP contribution in [-0.2, 0) is 23.7 Å². The van der Waals surface area contributed by atoms with Crippen LogP contribution < -0.4 is 5.32 Å². The van der Waals surface area contributed by atoms with Crippen LogP contribution in [0.4, 0.5) is 26.3 Å². The molecule has 2 aromatic carbocycles. The summed E-state index contributed by atoms with van der Waals surface area (Å²) in [4.78, 5) is 27.3. The lowest BCUT2D eigenvalue weighted by molar-refractivity contribution is -0.143. The molecule has 3 aromatic rings. The molecule has 5 nitrogen and oxygen atoms in total. The molecule has 4 rings (SSSR count). The smallest absolute Gasteiger partial charge is 0.416 e. The predicted molar refractivity (Wildman–Crippen MR) is 111 cm³/mol. The first-order valence-electron chi connectivity index (χ1n) is 10.3. The molecule has 2 atom stereocenters. The standard InChI is InChI=1S/C24H18F6N2O3/c1-32-20(14-8-15(23(25,26)27)10-16(9-14)24(28,29)30)19(17-4-2-3-5-18(17)22(32)34)21(33)31-11-13-6-7-35-12-13/h2-10,12,19-20H,11H2,1H3,(H,31,33). The van der Waals surface area contributed by atoms with Gasteiger partial charge in [0.15, 0.2) is 0 Å². The number of halogens is 6. The molecule has 0 fully saturated rings. The third-order valence-corrected chi connectivity index (χ3v) is 5.86. The van der Waals surface area contributed by atoms with Crippen LogP contribution in [-0.4, -0.2) is 23.8 Å². The number of hydrogen-bond acceptors (Lipinski definition) is 3. The van der Waals surface area contributed by atoms with Crippen LogP contribution in [0.15, 0.2) is 65.5 Å². The van der Waals surface area contributed by atoms with E-state index in [1.165, 1.54) is 37.8 Å². The van der Waals surface area contributed by atoms with Crippen molar-refractivity contribution < 1.29 is 40.3 Å². The summed E-state index contributed by atoms with van der Waals surface area (Å²) >= 11 is 0. The van der Waals surface area contributed by atoms with E-state index in [0.717, 1.165) is 4.90 Å². The van der Waals surface area contributed by atoms with Gasteiger partial charge in [0.05, 0.1) is 35.6 Å². The summed E-state index contributed by atoms with van der Waals surface area (Å²) in [7, 11) is 1.24. The Hall–Kier alpha value is -3.76. The number of carbonyl (C=O) groups excluding carboxylic acids is 2. The van der Waals surface area contributed by atoms with Crippen LogP contribution in [0.2, 0.25) is 0 Å². The first-order chi connectivity index (χ1) is 16.4. The van der Waals surface area contributed by atoms with Crippen LogP contribution >= 0.6 is 0 Å². The Balaban J connectivity index is 1.86. The molecule has 0 saturated heterocycles. The average Bonchev–Trinajstić information content (AvgIpc) is 3.32. The first-order valence-corrected chi connectivity index (χ1v) is 10.3. The number of carbonyl (C=O) groups is 2.